The highest BCUT2D eigenvalue weighted by Gasteiger charge is 2.81. The lowest BCUT2D eigenvalue weighted by atomic mass is 10.0. The molecular weight excluding hydrogens is 678 g/mol. The Balaban J connectivity index is 4.57. The predicted octanol–water partition coefficient (Wildman–Crippen LogP) is 12.0. The average Bonchev–Trinajstić information content (AvgIpc) is 2.85. The molecule has 0 aliphatic carbocycles. The molecule has 2 atom stereocenters. The smallest absolute Gasteiger partial charge is 0.375 e. The molecule has 0 N–H and O–H groups in total. The van der Waals surface area contributed by atoms with Crippen molar-refractivity contribution in [2.24, 2.45) is 0 Å². The third-order valence-corrected chi connectivity index (χ3v) is 7.10. The van der Waals surface area contributed by atoms with Gasteiger partial charge >= 0.3 is 40.9 Å². The Morgan fingerprint density at radius 3 is 1.18 bits per heavy atom. The first-order valence-corrected chi connectivity index (χ1v) is 15.0. The van der Waals surface area contributed by atoms with Crippen molar-refractivity contribution in [2.45, 2.75) is 151 Å². The predicted molar refractivity (Wildman–Crippen MR) is 138 cm³/mol. The van der Waals surface area contributed by atoms with E-state index in [1.807, 2.05) is 0 Å². The largest absolute Gasteiger partial charge is 0.458 e. The first-order chi connectivity index (χ1) is 20.0. The number of halogens is 15. The molecule has 0 saturated carbocycles. The maximum Gasteiger partial charge on any atom is 0.458 e. The summed E-state index contributed by atoms with van der Waals surface area (Å²) in [5, 5.41) is -11.6. The second-order valence-corrected chi connectivity index (χ2v) is 11.4. The minimum absolute atomic E-state index is 0.0587. The van der Waals surface area contributed by atoms with Crippen LogP contribution < -0.4 is 0 Å². The number of hydrogen-bond acceptors (Lipinski definition) is 3. The molecule has 0 heterocycles. The minimum Gasteiger partial charge on any atom is -0.375 e. The van der Waals surface area contributed by atoms with Crippen LogP contribution in [0.5, 0.6) is 0 Å². The summed E-state index contributed by atoms with van der Waals surface area (Å²) in [5.41, 5.74) is 0. The van der Waals surface area contributed by atoms with E-state index in [9.17, 15) is 57.1 Å². The summed E-state index contributed by atoms with van der Waals surface area (Å²) in [6, 6.07) is 0. The van der Waals surface area contributed by atoms with Gasteiger partial charge in [0.15, 0.2) is 0 Å². The molecule has 0 bridgehead atoms. The van der Waals surface area contributed by atoms with E-state index >= 15 is 0 Å². The Bertz CT molecular complexity index is 781. The van der Waals surface area contributed by atoms with Crippen LogP contribution in [0.25, 0.3) is 0 Å². The Hall–Kier alpha value is -0.450. The van der Waals surface area contributed by atoms with E-state index in [1.54, 1.807) is 0 Å². The van der Waals surface area contributed by atoms with Gasteiger partial charge in [0.05, 0.1) is 0 Å². The fraction of sp³-hybridized carbons (Fsp3) is 1.00. The van der Waals surface area contributed by atoms with Crippen LogP contribution in [0.15, 0.2) is 0 Å². The summed E-state index contributed by atoms with van der Waals surface area (Å²) in [6.45, 7) is -0.854. The van der Waals surface area contributed by atoms with Crippen molar-refractivity contribution in [1.82, 2.24) is 0 Å². The molecule has 44 heavy (non-hydrogen) atoms. The maximum atomic E-state index is 14.2. The second kappa shape index (κ2) is 18.8. The summed E-state index contributed by atoms with van der Waals surface area (Å²) in [6.07, 6.45) is -5.44. The first-order valence-electron chi connectivity index (χ1n) is 14.3. The monoisotopic (exact) mass is 716 g/mol. The summed E-state index contributed by atoms with van der Waals surface area (Å²) in [4.78, 5) is 0. The van der Waals surface area contributed by atoms with Gasteiger partial charge in [0.1, 0.15) is 6.61 Å². The van der Waals surface area contributed by atoms with Gasteiger partial charge in [-0.15, -0.1) is 0 Å². The summed E-state index contributed by atoms with van der Waals surface area (Å²) in [5.74, 6) is -13.2. The molecule has 0 saturated heterocycles. The van der Waals surface area contributed by atoms with E-state index in [4.69, 9.17) is 0 Å². The van der Waals surface area contributed by atoms with Gasteiger partial charge in [-0.3, -0.25) is 9.47 Å². The number of unbranched alkanes of at least 4 members (excludes halogenated alkanes) is 15. The topological polar surface area (TPSA) is 27.7 Å². The van der Waals surface area contributed by atoms with Gasteiger partial charge in [-0.1, -0.05) is 103 Å². The zero-order valence-electron chi connectivity index (χ0n) is 24.1. The fourth-order valence-corrected chi connectivity index (χ4v) is 3.99. The number of alkyl halides is 15. The van der Waals surface area contributed by atoms with E-state index in [2.05, 4.69) is 44.3 Å². The summed E-state index contributed by atoms with van der Waals surface area (Å²) >= 11 is 8.04. The lowest BCUT2D eigenvalue weighted by Crippen LogP contribution is -2.65. The standard InChI is InChI=1S/C26H39Cl2F13O3/c1-2-3-4-5-6-7-8-9-10-11-12-13-14-15-16-17-18-42-19-20(29,30)25(38,39)43-21(31,24(35,36)37)26(40,41)44-23(28,34)22(27,32)33/h2-19H2,1H3. The van der Waals surface area contributed by atoms with Crippen molar-refractivity contribution < 1.29 is 71.3 Å². The van der Waals surface area contributed by atoms with E-state index in [1.165, 1.54) is 44.9 Å². The van der Waals surface area contributed by atoms with E-state index in [-0.39, 0.29) is 6.42 Å². The van der Waals surface area contributed by atoms with Crippen LogP contribution in [0, 0.1) is 0 Å². The molecule has 3 nitrogen and oxygen atoms in total. The van der Waals surface area contributed by atoms with Crippen LogP contribution in [0.1, 0.15) is 110 Å². The van der Waals surface area contributed by atoms with Gasteiger partial charge < -0.3 is 4.74 Å². The van der Waals surface area contributed by atoms with Crippen molar-refractivity contribution in [3.8, 4) is 0 Å². The van der Waals surface area contributed by atoms with Gasteiger partial charge in [-0.25, -0.2) is 0 Å². The van der Waals surface area contributed by atoms with E-state index in [0.29, 0.717) is 12.8 Å². The zero-order chi connectivity index (χ0) is 34.3. The molecule has 18 heteroatoms. The normalized spacial score (nSPS) is 16.6. The van der Waals surface area contributed by atoms with Crippen LogP contribution in [-0.4, -0.2) is 54.1 Å². The van der Waals surface area contributed by atoms with Crippen LogP contribution in [0.2, 0.25) is 0 Å². The lowest BCUT2D eigenvalue weighted by Gasteiger charge is -2.39. The van der Waals surface area contributed by atoms with Gasteiger partial charge in [-0.05, 0) is 29.6 Å². The molecule has 0 amide bonds. The number of ether oxygens (including phenoxy) is 3. The lowest BCUT2D eigenvalue weighted by molar-refractivity contribution is -0.532. The van der Waals surface area contributed by atoms with Gasteiger partial charge in [-0.2, -0.15) is 57.1 Å². The maximum absolute atomic E-state index is 14.2. The van der Waals surface area contributed by atoms with Crippen molar-refractivity contribution in [3.63, 3.8) is 0 Å². The molecular formula is C26H39Cl2F13O3. The minimum atomic E-state index is -7.39. The highest BCUT2D eigenvalue weighted by atomic mass is 35.5. The van der Waals surface area contributed by atoms with Crippen LogP contribution in [0.3, 0.4) is 0 Å². The summed E-state index contributed by atoms with van der Waals surface area (Å²) < 4.78 is 184. The Kier molecular flexibility index (Phi) is 18.6. The Morgan fingerprint density at radius 1 is 0.477 bits per heavy atom. The zero-order valence-corrected chi connectivity index (χ0v) is 25.6. The van der Waals surface area contributed by atoms with Crippen LogP contribution in [-0.2, 0) is 14.2 Å². The van der Waals surface area contributed by atoms with Crippen molar-refractivity contribution in [2.75, 3.05) is 13.2 Å². The van der Waals surface area contributed by atoms with Crippen molar-refractivity contribution >= 4 is 23.2 Å². The van der Waals surface area contributed by atoms with Crippen LogP contribution in [0.4, 0.5) is 57.1 Å². The Morgan fingerprint density at radius 2 is 0.841 bits per heavy atom. The molecule has 0 aromatic heterocycles. The molecule has 2 unspecified atom stereocenters. The molecule has 266 valence electrons. The molecule has 0 rings (SSSR count). The second-order valence-electron chi connectivity index (χ2n) is 10.4. The quantitative estimate of drug-likeness (QED) is 0.0507. The van der Waals surface area contributed by atoms with E-state index in [0.717, 1.165) is 38.5 Å². The van der Waals surface area contributed by atoms with Gasteiger partial charge in [0.25, 0.3) is 0 Å². The molecule has 0 aromatic rings. The van der Waals surface area contributed by atoms with Crippen molar-refractivity contribution in [1.29, 1.82) is 0 Å². The number of rotatable bonds is 26. The Labute approximate surface area is 258 Å². The molecule has 0 aliphatic heterocycles. The molecule has 0 radical (unpaired) electrons. The van der Waals surface area contributed by atoms with Gasteiger partial charge in [0, 0.05) is 6.61 Å². The average molecular weight is 717 g/mol. The third kappa shape index (κ3) is 14.5. The fourth-order valence-electron chi connectivity index (χ4n) is 3.85. The molecule has 0 fully saturated rings. The highest BCUT2D eigenvalue weighted by Crippen LogP contribution is 2.55. The molecule has 0 spiro atoms. The van der Waals surface area contributed by atoms with Gasteiger partial charge in [0.2, 0.25) is 0 Å². The SMILES string of the molecule is CCCCCCCCCCCCCCCCCCOCC(F)(F)C(F)(F)OC(F)(C(F)(F)F)C(F)(F)OC(F)(Cl)C(F)(F)Cl. The number of hydrogen-bond donors (Lipinski definition) is 0. The van der Waals surface area contributed by atoms with Crippen LogP contribution >= 0.6 is 23.2 Å². The van der Waals surface area contributed by atoms with E-state index < -0.39 is 54.1 Å². The highest BCUT2D eigenvalue weighted by molar-refractivity contribution is 6.31. The third-order valence-electron chi connectivity index (χ3n) is 6.45. The first kappa shape index (κ1) is 43.5. The summed E-state index contributed by atoms with van der Waals surface area (Å²) in [7, 11) is 0. The van der Waals surface area contributed by atoms with Crippen molar-refractivity contribution in [3.05, 3.63) is 0 Å². The molecule has 0 aromatic carbocycles. The molecule has 0 aliphatic rings.